The minimum Gasteiger partial charge on any atom is -0.399 e. The quantitative estimate of drug-likeness (QED) is 0.702. The van der Waals surface area contributed by atoms with Gasteiger partial charge in [0, 0.05) is 12.2 Å². The van der Waals surface area contributed by atoms with Crippen molar-refractivity contribution in [2.75, 3.05) is 17.6 Å². The van der Waals surface area contributed by atoms with Gasteiger partial charge in [0.25, 0.3) is 0 Å². The molecule has 1 aliphatic carbocycles. The zero-order valence-electron chi connectivity index (χ0n) is 9.73. The Morgan fingerprint density at radius 2 is 2.06 bits per heavy atom. The highest BCUT2D eigenvalue weighted by Crippen LogP contribution is 2.45. The summed E-state index contributed by atoms with van der Waals surface area (Å²) in [7, 11) is -3.75. The number of anilines is 2. The van der Waals surface area contributed by atoms with Crippen LogP contribution in [0.4, 0.5) is 11.4 Å². The van der Waals surface area contributed by atoms with Crippen molar-refractivity contribution in [2.45, 2.75) is 24.7 Å². The summed E-state index contributed by atoms with van der Waals surface area (Å²) in [5.74, 6) is 0. The Balaban J connectivity index is 2.26. The number of hydrogen-bond donors (Lipinski definition) is 3. The molecule has 0 aromatic heterocycles. The Labute approximate surface area is 101 Å². The van der Waals surface area contributed by atoms with E-state index in [4.69, 9.17) is 10.9 Å². The van der Waals surface area contributed by atoms with Gasteiger partial charge in [-0.25, -0.2) is 13.6 Å². The molecule has 0 radical (unpaired) electrons. The van der Waals surface area contributed by atoms with E-state index in [9.17, 15) is 8.42 Å². The summed E-state index contributed by atoms with van der Waals surface area (Å²) in [6.07, 6.45) is 2.33. The summed E-state index contributed by atoms with van der Waals surface area (Å²) < 4.78 is 22.9. The highest BCUT2D eigenvalue weighted by molar-refractivity contribution is 7.89. The monoisotopic (exact) mass is 255 g/mol. The minimum atomic E-state index is -3.75. The van der Waals surface area contributed by atoms with Crippen molar-refractivity contribution >= 4 is 21.4 Å². The molecule has 0 atom stereocenters. The largest absolute Gasteiger partial charge is 0.399 e. The van der Waals surface area contributed by atoms with Gasteiger partial charge in [0.1, 0.15) is 4.90 Å². The van der Waals surface area contributed by atoms with E-state index in [2.05, 4.69) is 12.2 Å². The number of benzene rings is 1. The summed E-state index contributed by atoms with van der Waals surface area (Å²) >= 11 is 0. The van der Waals surface area contributed by atoms with Crippen LogP contribution in [0.25, 0.3) is 0 Å². The lowest BCUT2D eigenvalue weighted by atomic mass is 10.1. The second-order valence-corrected chi connectivity index (χ2v) is 6.49. The van der Waals surface area contributed by atoms with E-state index in [1.807, 2.05) is 0 Å². The van der Waals surface area contributed by atoms with Crippen LogP contribution in [-0.2, 0) is 10.0 Å². The van der Waals surface area contributed by atoms with Gasteiger partial charge < -0.3 is 11.1 Å². The lowest BCUT2D eigenvalue weighted by Gasteiger charge is -2.14. The number of nitrogens with two attached hydrogens (primary N) is 2. The number of nitrogens with one attached hydrogen (secondary N) is 1. The fourth-order valence-corrected chi connectivity index (χ4v) is 2.37. The van der Waals surface area contributed by atoms with Crippen LogP contribution in [0, 0.1) is 5.41 Å². The van der Waals surface area contributed by atoms with Crippen LogP contribution in [0.3, 0.4) is 0 Å². The first kappa shape index (κ1) is 12.2. The summed E-state index contributed by atoms with van der Waals surface area (Å²) in [5.41, 5.74) is 6.77. The van der Waals surface area contributed by atoms with Gasteiger partial charge in [-0.1, -0.05) is 6.92 Å². The van der Waals surface area contributed by atoms with Gasteiger partial charge in [-0.3, -0.25) is 0 Å². The maximum absolute atomic E-state index is 11.4. The van der Waals surface area contributed by atoms with Gasteiger partial charge in [0.2, 0.25) is 10.0 Å². The van der Waals surface area contributed by atoms with Gasteiger partial charge in [-0.05, 0) is 36.5 Å². The molecule has 6 heteroatoms. The highest BCUT2D eigenvalue weighted by atomic mass is 32.2. The van der Waals surface area contributed by atoms with E-state index >= 15 is 0 Å². The number of nitrogen functional groups attached to an aromatic ring is 1. The van der Waals surface area contributed by atoms with Crippen molar-refractivity contribution in [3.05, 3.63) is 18.2 Å². The Morgan fingerprint density at radius 1 is 1.41 bits per heavy atom. The Hall–Kier alpha value is -1.27. The van der Waals surface area contributed by atoms with Crippen LogP contribution in [-0.4, -0.2) is 15.0 Å². The predicted octanol–water partition coefficient (Wildman–Crippen LogP) is 1.13. The molecular weight excluding hydrogens is 238 g/mol. The van der Waals surface area contributed by atoms with Crippen molar-refractivity contribution in [3.63, 3.8) is 0 Å². The van der Waals surface area contributed by atoms with E-state index in [0.29, 0.717) is 11.4 Å². The molecule has 0 bridgehead atoms. The average Bonchev–Trinajstić information content (AvgIpc) is 2.94. The molecule has 1 fully saturated rings. The SMILES string of the molecule is CC1(CNc2ccc(N)cc2S(N)(=O)=O)CC1. The zero-order valence-corrected chi connectivity index (χ0v) is 10.5. The Morgan fingerprint density at radius 3 is 2.59 bits per heavy atom. The maximum atomic E-state index is 11.4. The molecule has 17 heavy (non-hydrogen) atoms. The van der Waals surface area contributed by atoms with E-state index in [1.54, 1.807) is 12.1 Å². The Bertz CT molecular complexity index is 536. The second kappa shape index (κ2) is 3.89. The highest BCUT2D eigenvalue weighted by Gasteiger charge is 2.37. The van der Waals surface area contributed by atoms with Crippen molar-refractivity contribution in [3.8, 4) is 0 Å². The van der Waals surface area contributed by atoms with Crippen LogP contribution in [0.15, 0.2) is 23.1 Å². The average molecular weight is 255 g/mol. The summed E-state index contributed by atoms with van der Waals surface area (Å²) in [6, 6.07) is 4.69. The number of hydrogen-bond acceptors (Lipinski definition) is 4. The van der Waals surface area contributed by atoms with Crippen molar-refractivity contribution < 1.29 is 8.42 Å². The number of primary sulfonamides is 1. The third-order valence-electron chi connectivity index (χ3n) is 3.12. The molecule has 2 rings (SSSR count). The molecule has 0 amide bonds. The number of rotatable bonds is 4. The lowest BCUT2D eigenvalue weighted by molar-refractivity contribution is 0.595. The van der Waals surface area contributed by atoms with Crippen LogP contribution < -0.4 is 16.2 Å². The van der Waals surface area contributed by atoms with E-state index in [1.165, 1.54) is 18.9 Å². The molecule has 0 saturated heterocycles. The molecule has 0 unspecified atom stereocenters. The predicted molar refractivity (Wildman–Crippen MR) is 68.1 cm³/mol. The maximum Gasteiger partial charge on any atom is 0.240 e. The standard InChI is InChI=1S/C11H17N3O2S/c1-11(4-5-11)7-14-9-3-2-8(12)6-10(9)17(13,15)16/h2-3,6,14H,4-5,7,12H2,1H3,(H2,13,15,16). The summed E-state index contributed by atoms with van der Waals surface area (Å²) in [4.78, 5) is 0.0572. The molecule has 5 nitrogen and oxygen atoms in total. The molecule has 1 saturated carbocycles. The van der Waals surface area contributed by atoms with Crippen LogP contribution in [0.5, 0.6) is 0 Å². The van der Waals surface area contributed by atoms with Gasteiger partial charge in [-0.15, -0.1) is 0 Å². The fourth-order valence-electron chi connectivity index (χ4n) is 1.62. The van der Waals surface area contributed by atoms with E-state index in [-0.39, 0.29) is 10.3 Å². The van der Waals surface area contributed by atoms with Crippen molar-refractivity contribution in [1.82, 2.24) is 0 Å². The van der Waals surface area contributed by atoms with Gasteiger partial charge in [0.05, 0.1) is 5.69 Å². The molecule has 94 valence electrons. The van der Waals surface area contributed by atoms with E-state index in [0.717, 1.165) is 6.54 Å². The first-order valence-corrected chi connectivity index (χ1v) is 7.01. The van der Waals surface area contributed by atoms with E-state index < -0.39 is 10.0 Å². The third kappa shape index (κ3) is 2.89. The normalized spacial score (nSPS) is 17.8. The molecule has 5 N–H and O–H groups in total. The summed E-state index contributed by atoms with van der Waals surface area (Å²) in [6.45, 7) is 2.91. The molecule has 1 aromatic rings. The van der Waals surface area contributed by atoms with Crippen LogP contribution >= 0.6 is 0 Å². The lowest BCUT2D eigenvalue weighted by Crippen LogP contribution is -2.18. The van der Waals surface area contributed by atoms with Crippen molar-refractivity contribution in [2.24, 2.45) is 10.6 Å². The molecule has 1 aliphatic rings. The smallest absolute Gasteiger partial charge is 0.240 e. The van der Waals surface area contributed by atoms with Crippen molar-refractivity contribution in [1.29, 1.82) is 0 Å². The van der Waals surface area contributed by atoms with Crippen LogP contribution in [0.1, 0.15) is 19.8 Å². The minimum absolute atomic E-state index is 0.0572. The molecule has 1 aromatic carbocycles. The molecular formula is C11H17N3O2S. The summed E-state index contributed by atoms with van der Waals surface area (Å²) in [5, 5.41) is 8.29. The first-order valence-electron chi connectivity index (χ1n) is 5.46. The topological polar surface area (TPSA) is 98.2 Å². The Kier molecular flexibility index (Phi) is 2.79. The van der Waals surface area contributed by atoms with Crippen LogP contribution in [0.2, 0.25) is 0 Å². The van der Waals surface area contributed by atoms with Gasteiger partial charge in [0.15, 0.2) is 0 Å². The molecule has 0 heterocycles. The fraction of sp³-hybridized carbons (Fsp3) is 0.455. The molecule has 0 spiro atoms. The number of sulfonamides is 1. The zero-order chi connectivity index (χ0) is 12.7. The van der Waals surface area contributed by atoms with Gasteiger partial charge >= 0.3 is 0 Å². The third-order valence-corrected chi connectivity index (χ3v) is 4.07. The second-order valence-electron chi connectivity index (χ2n) is 4.96. The van der Waals surface area contributed by atoms with Gasteiger partial charge in [-0.2, -0.15) is 0 Å². The first-order chi connectivity index (χ1) is 7.80. The molecule has 0 aliphatic heterocycles.